The summed E-state index contributed by atoms with van der Waals surface area (Å²) in [5.41, 5.74) is 2.67. The molecule has 0 aliphatic carbocycles. The number of benzene rings is 2. The van der Waals surface area contributed by atoms with Crippen LogP contribution in [0.3, 0.4) is 0 Å². The molecule has 0 saturated heterocycles. The Morgan fingerprint density at radius 1 is 1.23 bits per heavy atom. The molecule has 0 bridgehead atoms. The third kappa shape index (κ3) is 4.34. The smallest absolute Gasteiger partial charge is 0.274 e. The number of aromatic nitrogens is 2. The molecule has 26 heavy (non-hydrogen) atoms. The highest BCUT2D eigenvalue weighted by atomic mass is 19.1. The molecule has 1 N–H and O–H groups in total. The Bertz CT molecular complexity index is 888. The first kappa shape index (κ1) is 17.8. The van der Waals surface area contributed by atoms with Crippen molar-refractivity contribution in [1.82, 2.24) is 9.55 Å². The van der Waals surface area contributed by atoms with E-state index in [2.05, 4.69) is 10.3 Å². The zero-order valence-electron chi connectivity index (χ0n) is 14.6. The third-order valence-electron chi connectivity index (χ3n) is 3.74. The first-order valence-corrected chi connectivity index (χ1v) is 8.33. The number of carbonyl (C=O) groups excluding carboxylic acids is 1. The summed E-state index contributed by atoms with van der Waals surface area (Å²) in [6, 6.07) is 13.4. The fraction of sp³-hybridized carbons (Fsp3) is 0.200. The van der Waals surface area contributed by atoms with Crippen molar-refractivity contribution in [3.63, 3.8) is 0 Å². The maximum absolute atomic E-state index is 13.1. The number of rotatable bonds is 6. The normalized spacial score (nSPS) is 10.9. The van der Waals surface area contributed by atoms with Crippen LogP contribution in [0.2, 0.25) is 0 Å². The molecule has 0 spiro atoms. The highest BCUT2D eigenvalue weighted by Gasteiger charge is 2.13. The van der Waals surface area contributed by atoms with E-state index in [9.17, 15) is 9.18 Å². The largest absolute Gasteiger partial charge is 0.374 e. The number of anilines is 1. The van der Waals surface area contributed by atoms with Crippen molar-refractivity contribution >= 4 is 11.6 Å². The molecule has 0 fully saturated rings. The van der Waals surface area contributed by atoms with Crippen LogP contribution >= 0.6 is 0 Å². The molecule has 3 aromatic rings. The predicted molar refractivity (Wildman–Crippen MR) is 97.8 cm³/mol. The van der Waals surface area contributed by atoms with Crippen molar-refractivity contribution in [2.45, 2.75) is 26.6 Å². The molecule has 0 radical (unpaired) electrons. The maximum Gasteiger partial charge on any atom is 0.274 e. The van der Waals surface area contributed by atoms with Gasteiger partial charge in [0.2, 0.25) is 0 Å². The van der Waals surface area contributed by atoms with Gasteiger partial charge < -0.3 is 10.1 Å². The second kappa shape index (κ2) is 7.93. The number of hydrogen-bond acceptors (Lipinski definition) is 3. The molecule has 5 nitrogen and oxygen atoms in total. The maximum atomic E-state index is 13.1. The topological polar surface area (TPSA) is 56.1 Å². The third-order valence-corrected chi connectivity index (χ3v) is 3.74. The summed E-state index contributed by atoms with van der Waals surface area (Å²) in [5, 5.41) is 2.86. The number of imidazole rings is 1. The van der Waals surface area contributed by atoms with Crippen LogP contribution in [0.1, 0.15) is 29.9 Å². The van der Waals surface area contributed by atoms with Gasteiger partial charge in [-0.05, 0) is 55.8 Å². The minimum absolute atomic E-state index is 0.137. The molecule has 2 aromatic carbocycles. The molecule has 1 heterocycles. The molecule has 0 aliphatic rings. The molecule has 0 aliphatic heterocycles. The van der Waals surface area contributed by atoms with E-state index in [-0.39, 0.29) is 17.8 Å². The summed E-state index contributed by atoms with van der Waals surface area (Å²) in [7, 11) is 0. The zero-order valence-corrected chi connectivity index (χ0v) is 14.6. The van der Waals surface area contributed by atoms with Gasteiger partial charge in [-0.25, -0.2) is 9.37 Å². The van der Waals surface area contributed by atoms with Gasteiger partial charge in [-0.3, -0.25) is 9.36 Å². The number of carbonyl (C=O) groups is 1. The first-order valence-electron chi connectivity index (χ1n) is 8.33. The Kier molecular flexibility index (Phi) is 5.43. The minimum atomic E-state index is -0.333. The number of nitrogens with zero attached hydrogens (tertiary/aromatic N) is 2. The Hall–Kier alpha value is -2.99. The van der Waals surface area contributed by atoms with E-state index >= 15 is 0 Å². The quantitative estimate of drug-likeness (QED) is 0.723. The van der Waals surface area contributed by atoms with Crippen molar-refractivity contribution in [1.29, 1.82) is 0 Å². The second-order valence-corrected chi connectivity index (χ2v) is 6.14. The average molecular weight is 353 g/mol. The summed E-state index contributed by atoms with van der Waals surface area (Å²) >= 11 is 0. The van der Waals surface area contributed by atoms with E-state index in [0.29, 0.717) is 23.7 Å². The Morgan fingerprint density at radius 3 is 2.73 bits per heavy atom. The standard InChI is InChI=1S/C20H20FN3O2/c1-14(2)26-12-15-4-3-5-17(10-15)23-20(25)19-11-22-13-24(19)18-8-6-16(21)7-9-18/h3-11,13-14H,12H2,1-2H3,(H,23,25). The summed E-state index contributed by atoms with van der Waals surface area (Å²) in [5.74, 6) is -0.631. The van der Waals surface area contributed by atoms with E-state index in [1.54, 1.807) is 16.7 Å². The number of amides is 1. The van der Waals surface area contributed by atoms with Crippen molar-refractivity contribution < 1.29 is 13.9 Å². The van der Waals surface area contributed by atoms with Gasteiger partial charge in [-0.1, -0.05) is 12.1 Å². The SMILES string of the molecule is CC(C)OCc1cccc(NC(=O)c2cncn2-c2ccc(F)cc2)c1. The molecule has 0 unspecified atom stereocenters. The summed E-state index contributed by atoms with van der Waals surface area (Å²) in [6.45, 7) is 4.43. The number of hydrogen-bond donors (Lipinski definition) is 1. The first-order chi connectivity index (χ1) is 12.5. The van der Waals surface area contributed by atoms with E-state index in [1.807, 2.05) is 38.1 Å². The van der Waals surface area contributed by atoms with Gasteiger partial charge in [0.1, 0.15) is 11.5 Å². The van der Waals surface area contributed by atoms with Crippen LogP contribution < -0.4 is 5.32 Å². The molecular weight excluding hydrogens is 333 g/mol. The van der Waals surface area contributed by atoms with Crippen LogP contribution in [0.4, 0.5) is 10.1 Å². The molecule has 6 heteroatoms. The molecule has 134 valence electrons. The number of nitrogens with one attached hydrogen (secondary N) is 1. The number of halogens is 1. The second-order valence-electron chi connectivity index (χ2n) is 6.14. The highest BCUT2D eigenvalue weighted by molar-refractivity contribution is 6.03. The predicted octanol–water partition coefficient (Wildman–Crippen LogP) is 4.19. The van der Waals surface area contributed by atoms with Gasteiger partial charge in [0.05, 0.1) is 25.2 Å². The Labute approximate surface area is 151 Å². The molecule has 3 rings (SSSR count). The van der Waals surface area contributed by atoms with E-state index in [4.69, 9.17) is 4.74 Å². The van der Waals surface area contributed by atoms with Crippen LogP contribution in [0, 0.1) is 5.82 Å². The van der Waals surface area contributed by atoms with E-state index < -0.39 is 0 Å². The lowest BCUT2D eigenvalue weighted by molar-refractivity contribution is 0.0657. The van der Waals surface area contributed by atoms with E-state index in [0.717, 1.165) is 5.56 Å². The monoisotopic (exact) mass is 353 g/mol. The van der Waals surface area contributed by atoms with Crippen LogP contribution in [0.5, 0.6) is 0 Å². The van der Waals surface area contributed by atoms with Gasteiger partial charge in [0.15, 0.2) is 0 Å². The van der Waals surface area contributed by atoms with Crippen LogP contribution in [0.25, 0.3) is 5.69 Å². The zero-order chi connectivity index (χ0) is 18.5. The van der Waals surface area contributed by atoms with Gasteiger partial charge in [0, 0.05) is 11.4 Å². The van der Waals surface area contributed by atoms with E-state index in [1.165, 1.54) is 24.7 Å². The summed E-state index contributed by atoms with van der Waals surface area (Å²) in [6.07, 6.45) is 3.14. The fourth-order valence-corrected chi connectivity index (χ4v) is 2.47. The van der Waals surface area contributed by atoms with Crippen LogP contribution in [-0.4, -0.2) is 21.6 Å². The summed E-state index contributed by atoms with van der Waals surface area (Å²) in [4.78, 5) is 16.7. The van der Waals surface area contributed by atoms with Gasteiger partial charge in [-0.15, -0.1) is 0 Å². The molecular formula is C20H20FN3O2. The lowest BCUT2D eigenvalue weighted by atomic mass is 10.2. The van der Waals surface area contributed by atoms with Crippen molar-refractivity contribution in [2.75, 3.05) is 5.32 Å². The van der Waals surface area contributed by atoms with Crippen LogP contribution in [-0.2, 0) is 11.3 Å². The van der Waals surface area contributed by atoms with Crippen molar-refractivity contribution in [3.8, 4) is 5.69 Å². The Balaban J connectivity index is 1.76. The lowest BCUT2D eigenvalue weighted by Gasteiger charge is -2.11. The fourth-order valence-electron chi connectivity index (χ4n) is 2.47. The molecule has 0 saturated carbocycles. The van der Waals surface area contributed by atoms with Crippen LogP contribution in [0.15, 0.2) is 61.1 Å². The average Bonchev–Trinajstić information content (AvgIpc) is 3.11. The minimum Gasteiger partial charge on any atom is -0.374 e. The van der Waals surface area contributed by atoms with Gasteiger partial charge >= 0.3 is 0 Å². The highest BCUT2D eigenvalue weighted by Crippen LogP contribution is 2.16. The van der Waals surface area contributed by atoms with Crippen molar-refractivity contribution in [2.24, 2.45) is 0 Å². The summed E-state index contributed by atoms with van der Waals surface area (Å²) < 4.78 is 20.3. The number of ether oxygens (including phenoxy) is 1. The lowest BCUT2D eigenvalue weighted by Crippen LogP contribution is -2.16. The molecule has 1 aromatic heterocycles. The van der Waals surface area contributed by atoms with Gasteiger partial charge in [-0.2, -0.15) is 0 Å². The van der Waals surface area contributed by atoms with Gasteiger partial charge in [0.25, 0.3) is 5.91 Å². The Morgan fingerprint density at radius 2 is 2.00 bits per heavy atom. The molecule has 0 atom stereocenters. The molecule has 1 amide bonds. The van der Waals surface area contributed by atoms with Crippen molar-refractivity contribution in [3.05, 3.63) is 78.1 Å².